The Balaban J connectivity index is 1.46. The first kappa shape index (κ1) is 30.6. The Morgan fingerprint density at radius 1 is 1.16 bits per heavy atom. The molecule has 0 radical (unpaired) electrons. The Hall–Kier alpha value is -3.81. The van der Waals surface area contributed by atoms with E-state index in [1.54, 1.807) is 19.1 Å². The first-order chi connectivity index (χ1) is 20.0. The standard InChI is InChI=1S/C29H34F3N5O5S/c1-18-6-8-22(21(14-18)41-5)43(39,40)35-26(38)20-7-9-23(33-25(20)36-16-19(2)15-27(36,3)4)37-13-10-24(34-37)42-17-28(11-12-28)29(30,31)32/h6-10,13-14,19H,11-12,15-17H2,1-5H3,(H,35,38)/t19-/m0/s1. The lowest BCUT2D eigenvalue weighted by atomic mass is 9.97. The molecule has 2 aromatic heterocycles. The van der Waals surface area contributed by atoms with Crippen LogP contribution in [0.15, 0.2) is 47.5 Å². The lowest BCUT2D eigenvalue weighted by Gasteiger charge is -2.34. The molecule has 43 heavy (non-hydrogen) atoms. The maximum absolute atomic E-state index is 13.6. The van der Waals surface area contributed by atoms with E-state index in [1.165, 1.54) is 42.3 Å². The summed E-state index contributed by atoms with van der Waals surface area (Å²) < 4.78 is 80.6. The predicted octanol–water partition coefficient (Wildman–Crippen LogP) is 5.05. The number of carbonyl (C=O) groups excluding carboxylic acids is 1. The predicted molar refractivity (Wildman–Crippen MR) is 152 cm³/mol. The number of nitrogens with zero attached hydrogens (tertiary/aromatic N) is 4. The molecule has 1 aromatic carbocycles. The van der Waals surface area contributed by atoms with Crippen molar-refractivity contribution in [3.05, 3.63) is 53.7 Å². The van der Waals surface area contributed by atoms with Gasteiger partial charge in [-0.3, -0.25) is 4.79 Å². The highest BCUT2D eigenvalue weighted by Gasteiger charge is 2.64. The summed E-state index contributed by atoms with van der Waals surface area (Å²) in [5.74, 6) is 0.0274. The first-order valence-electron chi connectivity index (χ1n) is 13.8. The van der Waals surface area contributed by atoms with Gasteiger partial charge in [0.05, 0.1) is 12.7 Å². The van der Waals surface area contributed by atoms with Crippen molar-refractivity contribution < 1.29 is 35.9 Å². The number of benzene rings is 1. The molecule has 3 heterocycles. The van der Waals surface area contributed by atoms with Gasteiger partial charge in [-0.25, -0.2) is 22.8 Å². The number of aromatic nitrogens is 3. The molecule has 10 nitrogen and oxygen atoms in total. The SMILES string of the molecule is COc1cc(C)ccc1S(=O)(=O)NC(=O)c1ccc(-n2ccc(OCC3(C(F)(F)F)CC3)n2)nc1N1C[C@@H](C)CC1(C)C. The summed E-state index contributed by atoms with van der Waals surface area (Å²) in [6.07, 6.45) is -2.01. The highest BCUT2D eigenvalue weighted by Crippen LogP contribution is 2.57. The van der Waals surface area contributed by atoms with E-state index < -0.39 is 39.7 Å². The molecule has 1 amide bonds. The van der Waals surface area contributed by atoms with Crippen LogP contribution < -0.4 is 19.1 Å². The highest BCUT2D eigenvalue weighted by atomic mass is 32.2. The number of hydrogen-bond acceptors (Lipinski definition) is 8. The van der Waals surface area contributed by atoms with Crippen molar-refractivity contribution in [1.82, 2.24) is 19.5 Å². The van der Waals surface area contributed by atoms with Crippen LogP contribution in [-0.2, 0) is 10.0 Å². The molecule has 5 rings (SSSR count). The second-order valence-electron chi connectivity index (χ2n) is 12.0. The number of methoxy groups -OCH3 is 1. The minimum atomic E-state index is -4.35. The highest BCUT2D eigenvalue weighted by molar-refractivity contribution is 7.90. The van der Waals surface area contributed by atoms with Crippen molar-refractivity contribution in [1.29, 1.82) is 0 Å². The number of nitrogens with one attached hydrogen (secondary N) is 1. The van der Waals surface area contributed by atoms with Crippen molar-refractivity contribution in [3.63, 3.8) is 0 Å². The average Bonchev–Trinajstić information content (AvgIpc) is 3.49. The monoisotopic (exact) mass is 621 g/mol. The number of ether oxygens (including phenoxy) is 2. The van der Waals surface area contributed by atoms with Gasteiger partial charge >= 0.3 is 6.18 Å². The van der Waals surface area contributed by atoms with E-state index in [0.717, 1.165) is 12.0 Å². The third-order valence-corrected chi connectivity index (χ3v) is 9.39. The minimum Gasteiger partial charge on any atom is -0.495 e. The third-order valence-electron chi connectivity index (χ3n) is 8.02. The molecule has 1 saturated carbocycles. The summed E-state index contributed by atoms with van der Waals surface area (Å²) in [6.45, 7) is 7.92. The fourth-order valence-electron chi connectivity index (χ4n) is 5.52. The Labute approximate surface area is 248 Å². The molecule has 2 fully saturated rings. The maximum Gasteiger partial charge on any atom is 0.397 e. The van der Waals surface area contributed by atoms with Gasteiger partial charge in [-0.05, 0) is 75.8 Å². The fraction of sp³-hybridized carbons (Fsp3) is 0.483. The number of rotatable bonds is 9. The number of carbonyl (C=O) groups is 1. The van der Waals surface area contributed by atoms with Gasteiger partial charge in [0.2, 0.25) is 5.88 Å². The zero-order valence-electron chi connectivity index (χ0n) is 24.5. The van der Waals surface area contributed by atoms with E-state index in [9.17, 15) is 26.4 Å². The topological polar surface area (TPSA) is 116 Å². The number of amides is 1. The number of hydrogen-bond donors (Lipinski definition) is 1. The molecule has 3 aromatic rings. The lowest BCUT2D eigenvalue weighted by molar-refractivity contribution is -0.194. The number of halogens is 3. The molecule has 2 aliphatic rings. The van der Waals surface area contributed by atoms with Gasteiger partial charge in [0.15, 0.2) is 5.82 Å². The van der Waals surface area contributed by atoms with E-state index in [1.807, 2.05) is 18.7 Å². The summed E-state index contributed by atoms with van der Waals surface area (Å²) in [5, 5.41) is 4.25. The van der Waals surface area contributed by atoms with Crippen molar-refractivity contribution in [3.8, 4) is 17.4 Å². The van der Waals surface area contributed by atoms with Gasteiger partial charge in [0, 0.05) is 24.3 Å². The summed E-state index contributed by atoms with van der Waals surface area (Å²) in [6, 6.07) is 8.92. The molecule has 0 unspecified atom stereocenters. The van der Waals surface area contributed by atoms with Crippen LogP contribution in [0.25, 0.3) is 5.82 Å². The van der Waals surface area contributed by atoms with E-state index in [-0.39, 0.29) is 52.5 Å². The van der Waals surface area contributed by atoms with Crippen LogP contribution in [0.5, 0.6) is 11.6 Å². The van der Waals surface area contributed by atoms with Gasteiger partial charge in [-0.1, -0.05) is 13.0 Å². The van der Waals surface area contributed by atoms with Crippen LogP contribution in [0.4, 0.5) is 19.0 Å². The lowest BCUT2D eigenvalue weighted by Crippen LogP contribution is -2.41. The molecular formula is C29H34F3N5O5S. The fourth-order valence-corrected chi connectivity index (χ4v) is 6.64. The quantitative estimate of drug-likeness (QED) is 0.353. The molecule has 1 aliphatic carbocycles. The van der Waals surface area contributed by atoms with Crippen LogP contribution in [0.1, 0.15) is 56.0 Å². The Morgan fingerprint density at radius 3 is 2.49 bits per heavy atom. The molecule has 1 aliphatic heterocycles. The molecule has 1 saturated heterocycles. The first-order valence-corrected chi connectivity index (χ1v) is 15.3. The molecule has 0 bridgehead atoms. The van der Waals surface area contributed by atoms with Gasteiger partial charge in [-0.15, -0.1) is 5.10 Å². The number of pyridine rings is 1. The summed E-state index contributed by atoms with van der Waals surface area (Å²) in [7, 11) is -2.97. The van der Waals surface area contributed by atoms with E-state index in [2.05, 4.69) is 16.7 Å². The maximum atomic E-state index is 13.6. The van der Waals surface area contributed by atoms with E-state index in [0.29, 0.717) is 6.54 Å². The molecule has 14 heteroatoms. The number of alkyl halides is 3. The molecule has 232 valence electrons. The van der Waals surface area contributed by atoms with Crippen molar-refractivity contribution in [2.45, 2.75) is 63.6 Å². The number of sulfonamides is 1. The summed E-state index contributed by atoms with van der Waals surface area (Å²) in [5.41, 5.74) is -1.43. The molecule has 1 atom stereocenters. The molecular weight excluding hydrogens is 587 g/mol. The van der Waals surface area contributed by atoms with Gasteiger partial charge in [-0.2, -0.15) is 13.2 Å². The van der Waals surface area contributed by atoms with E-state index in [4.69, 9.17) is 14.5 Å². The average molecular weight is 622 g/mol. The summed E-state index contributed by atoms with van der Waals surface area (Å²) >= 11 is 0. The largest absolute Gasteiger partial charge is 0.495 e. The van der Waals surface area contributed by atoms with Crippen molar-refractivity contribution in [2.24, 2.45) is 11.3 Å². The Bertz CT molecular complexity index is 1650. The molecule has 1 N–H and O–H groups in total. The Morgan fingerprint density at radius 2 is 1.88 bits per heavy atom. The van der Waals surface area contributed by atoms with Crippen molar-refractivity contribution >= 4 is 21.7 Å². The van der Waals surface area contributed by atoms with Crippen LogP contribution in [0.2, 0.25) is 0 Å². The van der Waals surface area contributed by atoms with Crippen LogP contribution >= 0.6 is 0 Å². The van der Waals surface area contributed by atoms with Crippen LogP contribution in [-0.4, -0.2) is 61.1 Å². The summed E-state index contributed by atoms with van der Waals surface area (Å²) in [4.78, 5) is 20.0. The smallest absolute Gasteiger partial charge is 0.397 e. The second-order valence-corrected chi connectivity index (χ2v) is 13.7. The normalized spacial score (nSPS) is 19.3. The van der Waals surface area contributed by atoms with Gasteiger partial charge in [0.1, 0.15) is 28.5 Å². The van der Waals surface area contributed by atoms with Crippen LogP contribution in [0.3, 0.4) is 0 Å². The minimum absolute atomic E-state index is 0.00829. The molecule has 0 spiro atoms. The van der Waals surface area contributed by atoms with Gasteiger partial charge in [0.25, 0.3) is 15.9 Å². The van der Waals surface area contributed by atoms with Crippen molar-refractivity contribution in [2.75, 3.05) is 25.2 Å². The zero-order chi connectivity index (χ0) is 31.4. The zero-order valence-corrected chi connectivity index (χ0v) is 25.3. The number of anilines is 1. The second kappa shape index (κ2) is 10.7. The third kappa shape index (κ3) is 6.01. The number of aryl methyl sites for hydroxylation is 1. The van der Waals surface area contributed by atoms with Gasteiger partial charge < -0.3 is 14.4 Å². The van der Waals surface area contributed by atoms with E-state index >= 15 is 0 Å². The Kier molecular flexibility index (Phi) is 7.64. The van der Waals surface area contributed by atoms with Crippen LogP contribution in [0, 0.1) is 18.3 Å².